The van der Waals surface area contributed by atoms with Gasteiger partial charge in [-0.15, -0.1) is 24.8 Å². The van der Waals surface area contributed by atoms with Crippen LogP contribution in [0.1, 0.15) is 18.1 Å². The van der Waals surface area contributed by atoms with Crippen LogP contribution >= 0.6 is 24.8 Å². The zero-order valence-electron chi connectivity index (χ0n) is 16.1. The van der Waals surface area contributed by atoms with Crippen molar-refractivity contribution in [3.63, 3.8) is 0 Å². The van der Waals surface area contributed by atoms with Gasteiger partial charge in [-0.3, -0.25) is 0 Å². The average molecular weight is 435 g/mol. The fourth-order valence-electron chi connectivity index (χ4n) is 2.40. The molecule has 2 rings (SSSR count). The second-order valence-electron chi connectivity index (χ2n) is 6.13. The Morgan fingerprint density at radius 3 is 2.25 bits per heavy atom. The van der Waals surface area contributed by atoms with Crippen molar-refractivity contribution in [2.45, 2.75) is 26.2 Å². The number of aliphatic hydroxyl groups excluding tert-OH is 1. The van der Waals surface area contributed by atoms with E-state index in [4.69, 9.17) is 9.47 Å². The minimum Gasteiger partial charge on any atom is -0.493 e. The van der Waals surface area contributed by atoms with Crippen LogP contribution in [0.2, 0.25) is 0 Å². The van der Waals surface area contributed by atoms with Gasteiger partial charge in [0.1, 0.15) is 12.4 Å². The Balaban J connectivity index is 0.00000364. The SMILES string of the molecule is COc1cc(CNCCNCC(C)O)ccc1OCc1ccc(F)cc1.Cl.Cl. The highest BCUT2D eigenvalue weighted by Gasteiger charge is 2.06. The molecular weight excluding hydrogens is 406 g/mol. The number of methoxy groups -OCH3 is 1. The van der Waals surface area contributed by atoms with Crippen molar-refractivity contribution >= 4 is 24.8 Å². The summed E-state index contributed by atoms with van der Waals surface area (Å²) in [5, 5.41) is 15.7. The number of ether oxygens (including phenoxy) is 2. The monoisotopic (exact) mass is 434 g/mol. The molecule has 0 aliphatic heterocycles. The third-order valence-corrected chi connectivity index (χ3v) is 3.78. The number of hydrogen-bond acceptors (Lipinski definition) is 5. The molecule has 158 valence electrons. The summed E-state index contributed by atoms with van der Waals surface area (Å²) in [5.74, 6) is 1.06. The molecule has 0 saturated carbocycles. The predicted molar refractivity (Wildman–Crippen MR) is 114 cm³/mol. The molecule has 0 aliphatic rings. The third-order valence-electron chi connectivity index (χ3n) is 3.78. The standard InChI is InChI=1S/C20H27FN2O3.2ClH/c1-15(24)12-22-9-10-23-13-17-5-8-19(20(11-17)25-2)26-14-16-3-6-18(21)7-4-16;;/h3-8,11,15,22-24H,9-10,12-14H2,1-2H3;2*1H. The van der Waals surface area contributed by atoms with Crippen molar-refractivity contribution < 1.29 is 19.0 Å². The Morgan fingerprint density at radius 1 is 0.964 bits per heavy atom. The number of halogens is 3. The van der Waals surface area contributed by atoms with Crippen molar-refractivity contribution in [3.05, 3.63) is 59.4 Å². The van der Waals surface area contributed by atoms with Crippen LogP contribution in [0.3, 0.4) is 0 Å². The minimum absolute atomic E-state index is 0. The van der Waals surface area contributed by atoms with Crippen LogP contribution in [0.15, 0.2) is 42.5 Å². The Bertz CT molecular complexity index is 673. The first-order chi connectivity index (χ1) is 12.6. The van der Waals surface area contributed by atoms with Crippen molar-refractivity contribution in [1.29, 1.82) is 0 Å². The van der Waals surface area contributed by atoms with E-state index in [0.717, 1.165) is 24.2 Å². The summed E-state index contributed by atoms with van der Waals surface area (Å²) in [7, 11) is 1.61. The number of nitrogens with one attached hydrogen (secondary N) is 2. The zero-order valence-corrected chi connectivity index (χ0v) is 17.7. The topological polar surface area (TPSA) is 62.8 Å². The zero-order chi connectivity index (χ0) is 18.8. The summed E-state index contributed by atoms with van der Waals surface area (Å²) in [6.07, 6.45) is -0.332. The lowest BCUT2D eigenvalue weighted by atomic mass is 10.2. The highest BCUT2D eigenvalue weighted by atomic mass is 35.5. The van der Waals surface area contributed by atoms with E-state index < -0.39 is 0 Å². The van der Waals surface area contributed by atoms with E-state index in [-0.39, 0.29) is 36.7 Å². The Kier molecular flexibility index (Phi) is 13.6. The van der Waals surface area contributed by atoms with Gasteiger partial charge >= 0.3 is 0 Å². The fourth-order valence-corrected chi connectivity index (χ4v) is 2.40. The lowest BCUT2D eigenvalue weighted by Gasteiger charge is -2.13. The smallest absolute Gasteiger partial charge is 0.161 e. The average Bonchev–Trinajstić information content (AvgIpc) is 2.64. The van der Waals surface area contributed by atoms with Gasteiger partial charge < -0.3 is 25.2 Å². The highest BCUT2D eigenvalue weighted by Crippen LogP contribution is 2.28. The number of rotatable bonds is 11. The quantitative estimate of drug-likeness (QED) is 0.473. The minimum atomic E-state index is -0.332. The van der Waals surface area contributed by atoms with Crippen LogP contribution in [-0.2, 0) is 13.2 Å². The molecule has 5 nitrogen and oxygen atoms in total. The van der Waals surface area contributed by atoms with Gasteiger partial charge in [-0.05, 0) is 42.3 Å². The first-order valence-corrected chi connectivity index (χ1v) is 8.72. The Labute approximate surface area is 178 Å². The van der Waals surface area contributed by atoms with Gasteiger partial charge in [0.05, 0.1) is 13.2 Å². The first kappa shape index (κ1) is 26.4. The van der Waals surface area contributed by atoms with Crippen LogP contribution in [0.25, 0.3) is 0 Å². The highest BCUT2D eigenvalue weighted by molar-refractivity contribution is 5.85. The van der Waals surface area contributed by atoms with Gasteiger partial charge in [-0.2, -0.15) is 0 Å². The Morgan fingerprint density at radius 2 is 1.61 bits per heavy atom. The summed E-state index contributed by atoms with van der Waals surface area (Å²) >= 11 is 0. The van der Waals surface area contributed by atoms with Crippen LogP contribution in [0.5, 0.6) is 11.5 Å². The Hall–Kier alpha value is -1.57. The van der Waals surface area contributed by atoms with E-state index in [1.165, 1.54) is 12.1 Å². The van der Waals surface area contributed by atoms with E-state index in [1.54, 1.807) is 26.2 Å². The first-order valence-electron chi connectivity index (χ1n) is 8.72. The molecule has 0 saturated heterocycles. The lowest BCUT2D eigenvalue weighted by Crippen LogP contribution is -2.31. The van der Waals surface area contributed by atoms with Gasteiger partial charge in [-0.1, -0.05) is 18.2 Å². The molecule has 0 radical (unpaired) electrons. The fraction of sp³-hybridized carbons (Fsp3) is 0.400. The maximum Gasteiger partial charge on any atom is 0.161 e. The summed E-state index contributed by atoms with van der Waals surface area (Å²) in [6.45, 7) is 5.01. The van der Waals surface area contributed by atoms with Gasteiger partial charge in [0.25, 0.3) is 0 Å². The van der Waals surface area contributed by atoms with Crippen molar-refractivity contribution in [2.24, 2.45) is 0 Å². The number of hydrogen-bond donors (Lipinski definition) is 3. The van der Waals surface area contributed by atoms with E-state index >= 15 is 0 Å². The van der Waals surface area contributed by atoms with Crippen LogP contribution < -0.4 is 20.1 Å². The van der Waals surface area contributed by atoms with Gasteiger partial charge in [0.2, 0.25) is 0 Å². The second kappa shape index (κ2) is 14.4. The molecule has 0 aromatic heterocycles. The summed E-state index contributed by atoms with van der Waals surface area (Å²) in [4.78, 5) is 0. The molecule has 0 amide bonds. The molecule has 8 heteroatoms. The van der Waals surface area contributed by atoms with E-state index in [9.17, 15) is 9.50 Å². The molecule has 2 aromatic carbocycles. The van der Waals surface area contributed by atoms with E-state index in [1.807, 2.05) is 18.2 Å². The molecule has 0 heterocycles. The molecule has 2 aromatic rings. The van der Waals surface area contributed by atoms with E-state index in [0.29, 0.717) is 31.2 Å². The second-order valence-corrected chi connectivity index (χ2v) is 6.13. The van der Waals surface area contributed by atoms with E-state index in [2.05, 4.69) is 10.6 Å². The van der Waals surface area contributed by atoms with Crippen LogP contribution in [0, 0.1) is 5.82 Å². The maximum absolute atomic E-state index is 12.9. The molecule has 0 bridgehead atoms. The van der Waals surface area contributed by atoms with Gasteiger partial charge in [0, 0.05) is 26.2 Å². The van der Waals surface area contributed by atoms with Crippen molar-refractivity contribution in [3.8, 4) is 11.5 Å². The normalized spacial score (nSPS) is 11.1. The molecule has 3 N–H and O–H groups in total. The van der Waals surface area contributed by atoms with Crippen LogP contribution in [-0.4, -0.2) is 38.0 Å². The molecule has 1 unspecified atom stereocenters. The van der Waals surface area contributed by atoms with Gasteiger partial charge in [-0.25, -0.2) is 4.39 Å². The molecule has 1 atom stereocenters. The van der Waals surface area contributed by atoms with Crippen LogP contribution in [0.4, 0.5) is 4.39 Å². The number of benzene rings is 2. The molecular formula is C20H29Cl2FN2O3. The molecule has 0 aliphatic carbocycles. The van der Waals surface area contributed by atoms with Crippen molar-refractivity contribution in [2.75, 3.05) is 26.7 Å². The molecule has 0 fully saturated rings. The summed E-state index contributed by atoms with van der Waals surface area (Å²) < 4.78 is 24.1. The summed E-state index contributed by atoms with van der Waals surface area (Å²) in [5.41, 5.74) is 1.98. The third kappa shape index (κ3) is 9.57. The number of aliphatic hydroxyl groups is 1. The predicted octanol–water partition coefficient (Wildman–Crippen LogP) is 3.32. The molecule has 0 spiro atoms. The molecule has 28 heavy (non-hydrogen) atoms. The van der Waals surface area contributed by atoms with Crippen molar-refractivity contribution in [1.82, 2.24) is 10.6 Å². The largest absolute Gasteiger partial charge is 0.493 e. The van der Waals surface area contributed by atoms with Gasteiger partial charge in [0.15, 0.2) is 11.5 Å². The summed E-state index contributed by atoms with van der Waals surface area (Å²) in [6, 6.07) is 12.0. The lowest BCUT2D eigenvalue weighted by molar-refractivity contribution is 0.191. The maximum atomic E-state index is 12.9.